The Morgan fingerprint density at radius 3 is 2.90 bits per heavy atom. The Balaban J connectivity index is 2.80. The molecule has 6 heteroatoms. The van der Waals surface area contributed by atoms with Gasteiger partial charge in [-0.1, -0.05) is 27.6 Å². The topological polar surface area (TPSA) is 74.0 Å². The van der Waals surface area contributed by atoms with Crippen LogP contribution in [0.25, 0.3) is 0 Å². The minimum absolute atomic E-state index is 0.331. The number of rotatable bonds is 7. The van der Waals surface area contributed by atoms with E-state index in [2.05, 4.69) is 0 Å². The molecule has 0 saturated carbocycles. The van der Waals surface area contributed by atoms with Gasteiger partial charge in [-0.2, -0.15) is 0 Å². The summed E-state index contributed by atoms with van der Waals surface area (Å²) in [5, 5.41) is 0. The number of carbonyl (C=O) groups excluding carboxylic acids is 1. The monoisotopic (exact) mass is 440 g/mol. The van der Waals surface area contributed by atoms with E-state index in [0.717, 1.165) is 7.11 Å². The second-order valence-electron chi connectivity index (χ2n) is 6.77. The highest BCUT2D eigenvalue weighted by Gasteiger charge is 2.41. The Hall–Kier alpha value is -1.79. The molecule has 0 bridgehead atoms. The first kappa shape index (κ1) is 7.66. The largest absolute Gasteiger partial charge is 0.493 e. The summed E-state index contributed by atoms with van der Waals surface area (Å²) < 4.78 is 206. The lowest BCUT2D eigenvalue weighted by Crippen LogP contribution is -2.51. The van der Waals surface area contributed by atoms with E-state index in [1.54, 1.807) is 0 Å². The van der Waals surface area contributed by atoms with Crippen LogP contribution >= 0.6 is 0 Å². The molecule has 0 spiro atoms. The van der Waals surface area contributed by atoms with E-state index in [1.165, 1.54) is 13.8 Å². The van der Waals surface area contributed by atoms with Crippen molar-refractivity contribution >= 4 is 5.97 Å². The summed E-state index contributed by atoms with van der Waals surface area (Å²) in [7, 11) is -2.66. The van der Waals surface area contributed by atoms with Gasteiger partial charge in [0, 0.05) is 51.8 Å². The van der Waals surface area contributed by atoms with Crippen LogP contribution in [0.4, 0.5) is 0 Å². The molecule has 2 heterocycles. The summed E-state index contributed by atoms with van der Waals surface area (Å²) in [4.78, 5) is 12.8. The van der Waals surface area contributed by atoms with Gasteiger partial charge in [0.1, 0.15) is 12.1 Å². The highest BCUT2D eigenvalue weighted by Crippen LogP contribution is 2.44. The number of fused-ring (bicyclic) bond motifs is 3. The smallest absolute Gasteiger partial charge is 0.323 e. The van der Waals surface area contributed by atoms with Gasteiger partial charge in [-0.25, -0.2) is 0 Å². The fourth-order valence-corrected chi connectivity index (χ4v) is 2.56. The van der Waals surface area contributed by atoms with E-state index in [4.69, 9.17) is 40.5 Å². The molecule has 2 N–H and O–H groups in total. The number of hydrogen-bond acceptors (Lipinski definition) is 6. The first-order chi connectivity index (χ1) is 22.7. The van der Waals surface area contributed by atoms with Gasteiger partial charge >= 0.3 is 5.97 Å². The van der Waals surface area contributed by atoms with Gasteiger partial charge in [0.15, 0.2) is 11.5 Å². The number of nitrogens with two attached hydrogens (primary N) is 1. The Morgan fingerprint density at radius 2 is 2.23 bits per heavy atom. The van der Waals surface area contributed by atoms with Gasteiger partial charge in [0.25, 0.3) is 0 Å². The summed E-state index contributed by atoms with van der Waals surface area (Å²) in [6.07, 6.45) is -17.5. The molecule has 2 aliphatic rings. The van der Waals surface area contributed by atoms with E-state index in [0.29, 0.717) is 6.92 Å². The highest BCUT2D eigenvalue weighted by molar-refractivity contribution is 5.76. The van der Waals surface area contributed by atoms with Crippen LogP contribution in [-0.2, 0) is 15.9 Å². The summed E-state index contributed by atoms with van der Waals surface area (Å²) >= 11 is 0. The van der Waals surface area contributed by atoms with Crippen LogP contribution in [-0.4, -0.2) is 50.1 Å². The molecule has 30 heavy (non-hydrogen) atoms. The summed E-state index contributed by atoms with van der Waals surface area (Å²) in [5.74, 6) is -13.5. The maximum Gasteiger partial charge on any atom is 0.323 e. The molecule has 0 aromatic heterocycles. The van der Waals surface area contributed by atoms with Gasteiger partial charge in [0.05, 0.1) is 23.7 Å². The van der Waals surface area contributed by atoms with Crippen molar-refractivity contribution < 1.29 is 49.2 Å². The summed E-state index contributed by atoms with van der Waals surface area (Å²) in [6.45, 7) is -9.74. The first-order valence-electron chi connectivity index (χ1n) is 19.9. The van der Waals surface area contributed by atoms with Crippen LogP contribution in [0.1, 0.15) is 87.7 Å². The van der Waals surface area contributed by atoms with Crippen LogP contribution < -0.4 is 15.2 Å². The Labute approximate surface area is 211 Å². The SMILES string of the molecule is [2H]c1c(OC([2H])([2H])[2H])c(OC)c([2H])c2c1C([2H])([2H])C([2H])([2H])N1C([2H])([2H])C([2H])(C([2H])([2H])C([2H])(C)C([2H])([2H])[2H])C([2H])(OC(=O)[C@@H](N)C(C)C)C([2H])([2H])C21[2H]. The number of piperidine rings is 1. The lowest BCUT2D eigenvalue weighted by atomic mass is 9.79. The Bertz CT molecular complexity index is 1630. The van der Waals surface area contributed by atoms with Crippen molar-refractivity contribution in [2.75, 3.05) is 27.1 Å². The first-order valence-corrected chi connectivity index (χ1v) is 8.91. The number of ether oxygens (including phenoxy) is 3. The Kier molecular flexibility index (Phi) is 2.44. The van der Waals surface area contributed by atoms with Crippen LogP contribution in [0, 0.1) is 17.7 Å². The number of nitrogens with zero attached hydrogens (tertiary/aromatic N) is 1. The molecule has 5 atom stereocenters. The minimum Gasteiger partial charge on any atom is -0.493 e. The molecule has 1 fully saturated rings. The lowest BCUT2D eigenvalue weighted by molar-refractivity contribution is -0.160. The normalized spacial score (nSPS) is 53.0. The third-order valence-electron chi connectivity index (χ3n) is 4.18. The van der Waals surface area contributed by atoms with Crippen molar-refractivity contribution in [1.29, 1.82) is 0 Å². The zero-order valence-electron chi connectivity index (χ0n) is 38.8. The van der Waals surface area contributed by atoms with E-state index in [1.807, 2.05) is 0 Å². The number of hydrogen-bond donors (Lipinski definition) is 1. The molecule has 1 aromatic rings. The maximum atomic E-state index is 13.5. The molecule has 168 valence electrons. The van der Waals surface area contributed by atoms with Crippen molar-refractivity contribution in [3.63, 3.8) is 0 Å². The molecule has 0 radical (unpaired) electrons. The molecule has 2 aliphatic heterocycles. The molecule has 4 unspecified atom stereocenters. The fraction of sp³-hybridized carbons (Fsp3) is 0.708. The van der Waals surface area contributed by atoms with Gasteiger partial charge in [-0.15, -0.1) is 0 Å². The van der Waals surface area contributed by atoms with Crippen LogP contribution in [0.5, 0.6) is 11.5 Å². The molecular weight excluding hydrogens is 380 g/mol. The van der Waals surface area contributed by atoms with E-state index < -0.39 is 127 Å². The van der Waals surface area contributed by atoms with Gasteiger partial charge in [0.2, 0.25) is 0 Å². The van der Waals surface area contributed by atoms with Crippen molar-refractivity contribution in [3.8, 4) is 11.5 Å². The van der Waals surface area contributed by atoms with Crippen LogP contribution in [0.3, 0.4) is 0 Å². The fourth-order valence-electron chi connectivity index (χ4n) is 2.56. The number of carbonyl (C=O) groups is 1. The number of methoxy groups -OCH3 is 2. The molecule has 6 nitrogen and oxygen atoms in total. The summed E-state index contributed by atoms with van der Waals surface area (Å²) in [6, 6.07) is -8.91. The average molecular weight is 441 g/mol. The molecule has 0 amide bonds. The van der Waals surface area contributed by atoms with E-state index >= 15 is 0 Å². The standard InChI is InChI=1S/C24H38N2O4/c1-14(2)9-17-13-26-8-7-16-10-21(28-5)22(29-6)11-18(16)19(26)12-20(17)30-24(27)23(25)15(3)4/h10-11,14-15,17,19-20,23H,7-9,12-13,25H2,1-6H3/t17?,19?,20?,23-/m0/s1/i1D3,5D3,7D2,8D2,9D2,10D,11D,12D2,13D2,14D,17D,19D,20D/t14?,17?,19?,20?,23-. The molecule has 3 rings (SSSR count). The zero-order valence-corrected chi connectivity index (χ0v) is 16.8. The van der Waals surface area contributed by atoms with Crippen LogP contribution in [0.2, 0.25) is 0 Å². The van der Waals surface area contributed by atoms with Crippen molar-refractivity contribution in [2.45, 2.75) is 64.9 Å². The van der Waals surface area contributed by atoms with E-state index in [9.17, 15) is 14.4 Å². The minimum atomic E-state index is -4.69. The van der Waals surface area contributed by atoms with Crippen molar-refractivity contribution in [2.24, 2.45) is 23.4 Å². The van der Waals surface area contributed by atoms with Crippen molar-refractivity contribution in [3.05, 3.63) is 23.2 Å². The van der Waals surface area contributed by atoms with E-state index in [-0.39, 0.29) is 0 Å². The van der Waals surface area contributed by atoms with Gasteiger partial charge in [-0.05, 0) is 47.8 Å². The zero-order chi connectivity index (χ0) is 41.4. The quantitative estimate of drug-likeness (QED) is 0.654. The lowest BCUT2D eigenvalue weighted by Gasteiger charge is -2.47. The Morgan fingerprint density at radius 1 is 1.47 bits per heavy atom. The number of esters is 1. The van der Waals surface area contributed by atoms with Gasteiger partial charge in [-0.3, -0.25) is 9.69 Å². The molecule has 1 saturated heterocycles. The molecular formula is C24H38N2O4. The maximum absolute atomic E-state index is 13.5. The second kappa shape index (κ2) is 9.56. The predicted octanol–water partition coefficient (Wildman–Crippen LogP) is 3.56. The van der Waals surface area contributed by atoms with Crippen molar-refractivity contribution in [1.82, 2.24) is 4.90 Å². The number of benzene rings is 1. The molecule has 0 aliphatic carbocycles. The predicted molar refractivity (Wildman–Crippen MR) is 118 cm³/mol. The third-order valence-corrected chi connectivity index (χ3v) is 4.18. The van der Waals surface area contributed by atoms with Gasteiger partial charge < -0.3 is 19.9 Å². The second-order valence-corrected chi connectivity index (χ2v) is 6.77. The van der Waals surface area contributed by atoms with Crippen LogP contribution in [0.15, 0.2) is 12.1 Å². The average Bonchev–Trinajstić information content (AvgIpc) is 2.94. The summed E-state index contributed by atoms with van der Waals surface area (Å²) in [5.41, 5.74) is 2.85. The molecule has 1 aromatic carbocycles. The third kappa shape index (κ3) is 4.75. The highest BCUT2D eigenvalue weighted by atomic mass is 16.5.